The Bertz CT molecular complexity index is 1620. The third-order valence-corrected chi connectivity index (χ3v) is 12.6. The van der Waals surface area contributed by atoms with Crippen molar-refractivity contribution >= 4 is 29.7 Å². The van der Waals surface area contributed by atoms with E-state index in [1.54, 1.807) is 6.07 Å². The predicted molar refractivity (Wildman–Crippen MR) is 173 cm³/mol. The number of ether oxygens (including phenoxy) is 1. The van der Waals surface area contributed by atoms with Gasteiger partial charge in [-0.15, -0.1) is 5.10 Å². The van der Waals surface area contributed by atoms with Gasteiger partial charge in [-0.25, -0.2) is 18.1 Å². The van der Waals surface area contributed by atoms with Gasteiger partial charge in [0.05, 0.1) is 5.69 Å². The van der Waals surface area contributed by atoms with Crippen molar-refractivity contribution in [2.24, 2.45) is 5.92 Å². The number of rotatable bonds is 12. The fourth-order valence-corrected chi connectivity index (χ4v) is 8.54. The Kier molecular flexibility index (Phi) is 9.42. The highest BCUT2D eigenvalue weighted by molar-refractivity contribution is 7.89. The summed E-state index contributed by atoms with van der Waals surface area (Å²) >= 11 is 0. The number of nitrogens with zero attached hydrogens (tertiary/aromatic N) is 6. The topological polar surface area (TPSA) is 126 Å². The average molecular weight is 658 g/mol. The third kappa shape index (κ3) is 7.15. The van der Waals surface area contributed by atoms with Gasteiger partial charge in [-0.05, 0) is 60.9 Å². The number of hydrogen-bond acceptors (Lipinski definition) is 9. The van der Waals surface area contributed by atoms with Crippen molar-refractivity contribution in [2.75, 3.05) is 44.7 Å². The number of aliphatic hydroxyl groups excluding tert-OH is 1. The van der Waals surface area contributed by atoms with E-state index in [2.05, 4.69) is 51.0 Å². The third-order valence-electron chi connectivity index (χ3n) is 9.17. The standard InChI is InChI=1S/C31H44FN7O4SSi/c1-45(2,3)16-15-43-21-39-30(34-29-26-6-4-5-23(26)7-8-27(29)24-9-12-33-28(32)17-24)35-31(36-39)44(41,42)38-13-10-25(11-14-38)37-18-22(19-37)20-40/h7-9,12,17,22,25,40H,4-6,10-11,13-16,18-21H2,1-3H3,(H,34,35,36). The highest BCUT2D eigenvalue weighted by Gasteiger charge is 2.38. The largest absolute Gasteiger partial charge is 0.396 e. The molecule has 0 unspecified atom stereocenters. The lowest BCUT2D eigenvalue weighted by Gasteiger charge is -2.46. The number of aliphatic hydroxyl groups is 1. The van der Waals surface area contributed by atoms with Gasteiger partial charge in [-0.3, -0.25) is 4.90 Å². The number of hydrogen-bond donors (Lipinski definition) is 2. The second-order valence-corrected chi connectivity index (χ2v) is 21.1. The van der Waals surface area contributed by atoms with Gasteiger partial charge in [0.15, 0.2) is 0 Å². The summed E-state index contributed by atoms with van der Waals surface area (Å²) in [7, 11) is -5.29. The van der Waals surface area contributed by atoms with Gasteiger partial charge in [0.1, 0.15) is 6.73 Å². The second kappa shape index (κ2) is 13.2. The van der Waals surface area contributed by atoms with Crippen LogP contribution < -0.4 is 5.32 Å². The van der Waals surface area contributed by atoms with Crippen LogP contribution in [0.2, 0.25) is 25.7 Å². The van der Waals surface area contributed by atoms with E-state index >= 15 is 0 Å². The van der Waals surface area contributed by atoms with Crippen LogP contribution in [0.25, 0.3) is 11.1 Å². The predicted octanol–water partition coefficient (Wildman–Crippen LogP) is 4.10. The van der Waals surface area contributed by atoms with E-state index in [1.807, 2.05) is 6.07 Å². The normalized spacial score (nSPS) is 18.7. The molecule has 0 amide bonds. The van der Waals surface area contributed by atoms with Crippen LogP contribution in [0.5, 0.6) is 0 Å². The van der Waals surface area contributed by atoms with Crippen molar-refractivity contribution < 1.29 is 22.7 Å². The second-order valence-electron chi connectivity index (χ2n) is 13.7. The van der Waals surface area contributed by atoms with E-state index in [1.165, 1.54) is 26.8 Å². The molecule has 11 nitrogen and oxygen atoms in total. The first-order valence-electron chi connectivity index (χ1n) is 15.9. The van der Waals surface area contributed by atoms with Crippen LogP contribution in [0.3, 0.4) is 0 Å². The Morgan fingerprint density at radius 3 is 2.62 bits per heavy atom. The first kappa shape index (κ1) is 32.2. The van der Waals surface area contributed by atoms with E-state index in [-0.39, 0.29) is 24.4 Å². The van der Waals surface area contributed by atoms with Crippen molar-refractivity contribution in [1.82, 2.24) is 29.0 Å². The molecule has 0 atom stereocenters. The molecule has 2 saturated heterocycles. The molecular formula is C31H44FN7O4SSi. The molecule has 14 heteroatoms. The SMILES string of the molecule is C[Si](C)(C)CCOCn1nc(S(=O)(=O)N2CCC(N3CC(CO)C3)CC2)nc1Nc1c(-c2ccnc(F)c2)ccc2c1CCC2. The molecule has 45 heavy (non-hydrogen) atoms. The maximum absolute atomic E-state index is 14.2. The maximum atomic E-state index is 14.2. The van der Waals surface area contributed by atoms with E-state index in [9.17, 15) is 17.9 Å². The summed E-state index contributed by atoms with van der Waals surface area (Å²) in [4.78, 5) is 10.6. The zero-order valence-electron chi connectivity index (χ0n) is 26.4. The summed E-state index contributed by atoms with van der Waals surface area (Å²) in [6.45, 7) is 10.1. The molecule has 2 aromatic heterocycles. The number of pyridine rings is 1. The molecule has 1 aliphatic carbocycles. The molecule has 3 aromatic rings. The maximum Gasteiger partial charge on any atom is 0.284 e. The molecule has 0 radical (unpaired) electrons. The van der Waals surface area contributed by atoms with Gasteiger partial charge in [0, 0.05) is 77.3 Å². The van der Waals surface area contributed by atoms with Crippen LogP contribution >= 0.6 is 0 Å². The highest BCUT2D eigenvalue weighted by Crippen LogP contribution is 2.39. The van der Waals surface area contributed by atoms with Crippen LogP contribution in [0, 0.1) is 11.9 Å². The van der Waals surface area contributed by atoms with E-state index in [0.29, 0.717) is 37.2 Å². The zero-order valence-corrected chi connectivity index (χ0v) is 28.2. The average Bonchev–Trinajstić information content (AvgIpc) is 3.63. The number of aromatic nitrogens is 4. The van der Waals surface area contributed by atoms with Crippen LogP contribution in [-0.2, 0) is 34.3 Å². The number of fused-ring (bicyclic) bond motifs is 1. The molecule has 0 bridgehead atoms. The highest BCUT2D eigenvalue weighted by atomic mass is 32.2. The van der Waals surface area contributed by atoms with Crippen LogP contribution in [0.4, 0.5) is 16.0 Å². The Labute approximate surface area is 265 Å². The number of anilines is 2. The molecule has 0 spiro atoms. The lowest BCUT2D eigenvalue weighted by atomic mass is 9.94. The van der Waals surface area contributed by atoms with Crippen molar-refractivity contribution in [3.63, 3.8) is 0 Å². The molecule has 1 aromatic carbocycles. The Balaban J connectivity index is 1.28. The van der Waals surface area contributed by atoms with Crippen LogP contribution in [-0.4, -0.2) is 96.0 Å². The van der Waals surface area contributed by atoms with Crippen molar-refractivity contribution in [3.05, 3.63) is 47.5 Å². The number of sulfonamides is 1. The first-order valence-corrected chi connectivity index (χ1v) is 21.1. The quantitative estimate of drug-likeness (QED) is 0.168. The summed E-state index contributed by atoms with van der Waals surface area (Å²) in [5.74, 6) is 0.0169. The van der Waals surface area contributed by atoms with Crippen LogP contribution in [0.15, 0.2) is 35.6 Å². The monoisotopic (exact) mass is 657 g/mol. The van der Waals surface area contributed by atoms with E-state index in [4.69, 9.17) is 4.74 Å². The summed E-state index contributed by atoms with van der Waals surface area (Å²) in [6.07, 6.45) is 5.68. The number of piperidine rings is 1. The lowest BCUT2D eigenvalue weighted by molar-refractivity contribution is 0.00376. The minimum atomic E-state index is -3.96. The molecule has 2 aliphatic heterocycles. The molecule has 6 rings (SSSR count). The number of halogens is 1. The van der Waals surface area contributed by atoms with Gasteiger partial charge in [0.25, 0.3) is 15.2 Å². The summed E-state index contributed by atoms with van der Waals surface area (Å²) in [6, 6.07) is 8.49. The first-order chi connectivity index (χ1) is 21.5. The van der Waals surface area contributed by atoms with E-state index < -0.39 is 24.0 Å². The van der Waals surface area contributed by atoms with Gasteiger partial charge in [0.2, 0.25) is 11.9 Å². The Hall–Kier alpha value is -2.75. The van der Waals surface area contributed by atoms with Crippen LogP contribution in [0.1, 0.15) is 30.4 Å². The van der Waals surface area contributed by atoms with Crippen molar-refractivity contribution in [3.8, 4) is 11.1 Å². The molecule has 2 N–H and O–H groups in total. The number of likely N-dealkylation sites (tertiary alicyclic amines) is 1. The minimum Gasteiger partial charge on any atom is -0.396 e. The van der Waals surface area contributed by atoms with E-state index in [0.717, 1.165) is 68.1 Å². The zero-order chi connectivity index (χ0) is 31.8. The molecular weight excluding hydrogens is 614 g/mol. The van der Waals surface area contributed by atoms with Gasteiger partial charge in [-0.2, -0.15) is 13.7 Å². The number of benzene rings is 1. The van der Waals surface area contributed by atoms with Gasteiger partial charge < -0.3 is 15.2 Å². The fourth-order valence-electron chi connectivity index (χ4n) is 6.46. The summed E-state index contributed by atoms with van der Waals surface area (Å²) in [5, 5.41) is 17.0. The fraction of sp³-hybridized carbons (Fsp3) is 0.581. The van der Waals surface area contributed by atoms with Gasteiger partial charge in [-0.1, -0.05) is 31.8 Å². The number of aryl methyl sites for hydroxylation is 1. The minimum absolute atomic E-state index is 0.0482. The molecule has 4 heterocycles. The van der Waals surface area contributed by atoms with Crippen molar-refractivity contribution in [1.29, 1.82) is 0 Å². The summed E-state index contributed by atoms with van der Waals surface area (Å²) < 4.78 is 50.9. The number of nitrogens with one attached hydrogen (secondary N) is 1. The molecule has 244 valence electrons. The molecule has 3 aliphatic rings. The Morgan fingerprint density at radius 1 is 1.13 bits per heavy atom. The van der Waals surface area contributed by atoms with Gasteiger partial charge >= 0.3 is 0 Å². The molecule has 2 fully saturated rings. The smallest absolute Gasteiger partial charge is 0.284 e. The van der Waals surface area contributed by atoms with Crippen molar-refractivity contribution in [2.45, 2.75) is 75.7 Å². The summed E-state index contributed by atoms with van der Waals surface area (Å²) in [5.41, 5.74) is 4.54. The lowest BCUT2D eigenvalue weighted by Crippen LogP contribution is -2.56. The Morgan fingerprint density at radius 2 is 1.91 bits per heavy atom. The molecule has 0 saturated carbocycles.